The van der Waals surface area contributed by atoms with Crippen LogP contribution in [0.3, 0.4) is 0 Å². The molecule has 5 heteroatoms. The highest BCUT2D eigenvalue weighted by molar-refractivity contribution is 5.68. The fourth-order valence-electron chi connectivity index (χ4n) is 2.96. The van der Waals surface area contributed by atoms with Crippen LogP contribution in [0.15, 0.2) is 0 Å². The van der Waals surface area contributed by atoms with Gasteiger partial charge in [0, 0.05) is 32.2 Å². The predicted octanol–water partition coefficient (Wildman–Crippen LogP) is 1.63. The first kappa shape index (κ1) is 15.6. The minimum atomic E-state index is -0.402. The van der Waals surface area contributed by atoms with Gasteiger partial charge in [0.15, 0.2) is 0 Å². The van der Waals surface area contributed by atoms with Gasteiger partial charge in [0.05, 0.1) is 0 Å². The summed E-state index contributed by atoms with van der Waals surface area (Å²) in [6.45, 7) is 12.0. The smallest absolute Gasteiger partial charge is 0.410 e. The number of amides is 1. The van der Waals surface area contributed by atoms with Crippen molar-refractivity contribution in [1.29, 1.82) is 0 Å². The van der Waals surface area contributed by atoms with Gasteiger partial charge in [-0.1, -0.05) is 0 Å². The molecular formula is C15H29N3O2. The van der Waals surface area contributed by atoms with Gasteiger partial charge >= 0.3 is 6.09 Å². The van der Waals surface area contributed by atoms with Crippen LogP contribution >= 0.6 is 0 Å². The monoisotopic (exact) mass is 283 g/mol. The SMILES string of the molecule is CN1CCCN([C@H]2CCN(C(=O)OC(C)(C)C)C2)CC1. The van der Waals surface area contributed by atoms with Crippen LogP contribution in [0.5, 0.6) is 0 Å². The van der Waals surface area contributed by atoms with E-state index >= 15 is 0 Å². The van der Waals surface area contributed by atoms with Crippen LogP contribution in [0.2, 0.25) is 0 Å². The normalized spacial score (nSPS) is 26.6. The van der Waals surface area contributed by atoms with Crippen LogP contribution in [-0.2, 0) is 4.74 Å². The number of carbonyl (C=O) groups excluding carboxylic acids is 1. The van der Waals surface area contributed by atoms with E-state index < -0.39 is 5.60 Å². The summed E-state index contributed by atoms with van der Waals surface area (Å²) in [6.07, 6.45) is 2.13. The number of rotatable bonds is 1. The molecule has 0 N–H and O–H groups in total. The van der Waals surface area contributed by atoms with Crippen LogP contribution in [0, 0.1) is 0 Å². The van der Waals surface area contributed by atoms with Gasteiger partial charge in [0.2, 0.25) is 0 Å². The molecular weight excluding hydrogens is 254 g/mol. The second kappa shape index (κ2) is 6.31. The van der Waals surface area contributed by atoms with Crippen LogP contribution in [-0.4, -0.2) is 78.8 Å². The summed E-state index contributed by atoms with van der Waals surface area (Å²) in [6, 6.07) is 0.508. The third-order valence-electron chi connectivity index (χ3n) is 4.09. The second-order valence-electron chi connectivity index (χ2n) is 7.06. The van der Waals surface area contributed by atoms with E-state index in [0.717, 1.165) is 39.1 Å². The molecule has 2 aliphatic heterocycles. The minimum Gasteiger partial charge on any atom is -0.444 e. The van der Waals surface area contributed by atoms with Crippen LogP contribution in [0.25, 0.3) is 0 Å². The van der Waals surface area contributed by atoms with E-state index in [0.29, 0.717) is 6.04 Å². The van der Waals surface area contributed by atoms with Crippen molar-refractivity contribution in [3.63, 3.8) is 0 Å². The van der Waals surface area contributed by atoms with E-state index in [9.17, 15) is 4.79 Å². The Kier molecular flexibility index (Phi) is 4.91. The van der Waals surface area contributed by atoms with Crippen molar-refractivity contribution in [2.24, 2.45) is 0 Å². The van der Waals surface area contributed by atoms with Gasteiger partial charge in [-0.2, -0.15) is 0 Å². The summed E-state index contributed by atoms with van der Waals surface area (Å²) in [7, 11) is 2.19. The Morgan fingerprint density at radius 1 is 1.10 bits per heavy atom. The lowest BCUT2D eigenvalue weighted by Crippen LogP contribution is -2.41. The fraction of sp³-hybridized carbons (Fsp3) is 0.933. The third kappa shape index (κ3) is 4.35. The maximum absolute atomic E-state index is 12.1. The molecule has 116 valence electrons. The highest BCUT2D eigenvalue weighted by Crippen LogP contribution is 2.20. The molecule has 0 saturated carbocycles. The topological polar surface area (TPSA) is 36.0 Å². The Bertz CT molecular complexity index is 341. The summed E-state index contributed by atoms with van der Waals surface area (Å²) in [5, 5.41) is 0. The summed E-state index contributed by atoms with van der Waals surface area (Å²) >= 11 is 0. The molecule has 0 spiro atoms. The van der Waals surface area contributed by atoms with Crippen molar-refractivity contribution in [2.75, 3.05) is 46.3 Å². The first-order valence-corrected chi connectivity index (χ1v) is 7.76. The average Bonchev–Trinajstić information content (AvgIpc) is 2.72. The summed E-state index contributed by atoms with van der Waals surface area (Å²) in [5.74, 6) is 0. The lowest BCUT2D eigenvalue weighted by molar-refractivity contribution is 0.0280. The summed E-state index contributed by atoms with van der Waals surface area (Å²) < 4.78 is 5.46. The molecule has 5 nitrogen and oxygen atoms in total. The Hall–Kier alpha value is -0.810. The zero-order chi connectivity index (χ0) is 14.8. The van der Waals surface area contributed by atoms with Gasteiger partial charge < -0.3 is 14.5 Å². The molecule has 2 fully saturated rings. The van der Waals surface area contributed by atoms with Crippen LogP contribution < -0.4 is 0 Å². The van der Waals surface area contributed by atoms with Crippen molar-refractivity contribution >= 4 is 6.09 Å². The Labute approximate surface area is 122 Å². The molecule has 0 aromatic rings. The molecule has 2 rings (SSSR count). The number of carbonyl (C=O) groups is 1. The molecule has 0 aromatic carbocycles. The molecule has 1 atom stereocenters. The molecule has 1 amide bonds. The Morgan fingerprint density at radius 3 is 2.55 bits per heavy atom. The standard InChI is InChI=1S/C15H29N3O2/c1-15(2,3)20-14(19)18-9-6-13(12-18)17-8-5-7-16(4)10-11-17/h13H,5-12H2,1-4H3/t13-/m0/s1. The van der Waals surface area contributed by atoms with Gasteiger partial charge in [-0.25, -0.2) is 4.79 Å². The third-order valence-corrected chi connectivity index (χ3v) is 4.09. The molecule has 2 aliphatic rings. The van der Waals surface area contributed by atoms with E-state index in [-0.39, 0.29) is 6.09 Å². The number of hydrogen-bond donors (Lipinski definition) is 0. The highest BCUT2D eigenvalue weighted by atomic mass is 16.6. The van der Waals surface area contributed by atoms with Crippen molar-refractivity contribution < 1.29 is 9.53 Å². The lowest BCUT2D eigenvalue weighted by atomic mass is 10.2. The zero-order valence-corrected chi connectivity index (χ0v) is 13.4. The maximum Gasteiger partial charge on any atom is 0.410 e. The molecule has 2 heterocycles. The van der Waals surface area contributed by atoms with Crippen LogP contribution in [0.4, 0.5) is 4.79 Å². The van der Waals surface area contributed by atoms with Gasteiger partial charge in [0.25, 0.3) is 0 Å². The molecule has 0 radical (unpaired) electrons. The average molecular weight is 283 g/mol. The van der Waals surface area contributed by atoms with Gasteiger partial charge in [0.1, 0.15) is 5.60 Å². The van der Waals surface area contributed by atoms with Crippen molar-refractivity contribution in [2.45, 2.75) is 45.3 Å². The molecule has 20 heavy (non-hydrogen) atoms. The predicted molar refractivity (Wildman–Crippen MR) is 79.9 cm³/mol. The van der Waals surface area contributed by atoms with E-state index in [2.05, 4.69) is 16.8 Å². The largest absolute Gasteiger partial charge is 0.444 e. The second-order valence-corrected chi connectivity index (χ2v) is 7.06. The van der Waals surface area contributed by atoms with Crippen molar-refractivity contribution in [1.82, 2.24) is 14.7 Å². The first-order valence-electron chi connectivity index (χ1n) is 7.76. The van der Waals surface area contributed by atoms with Gasteiger partial charge in [-0.05, 0) is 53.8 Å². The molecule has 0 unspecified atom stereocenters. The van der Waals surface area contributed by atoms with E-state index in [1.165, 1.54) is 13.0 Å². The number of likely N-dealkylation sites (N-methyl/N-ethyl adjacent to an activating group) is 1. The highest BCUT2D eigenvalue weighted by Gasteiger charge is 2.33. The van der Waals surface area contributed by atoms with Gasteiger partial charge in [-0.15, -0.1) is 0 Å². The quantitative estimate of drug-likeness (QED) is 0.733. The zero-order valence-electron chi connectivity index (χ0n) is 13.4. The summed E-state index contributed by atoms with van der Waals surface area (Å²) in [4.78, 5) is 18.9. The first-order chi connectivity index (χ1) is 9.35. The van der Waals surface area contributed by atoms with Crippen molar-refractivity contribution in [3.05, 3.63) is 0 Å². The van der Waals surface area contributed by atoms with E-state index in [1.807, 2.05) is 25.7 Å². The fourth-order valence-corrected chi connectivity index (χ4v) is 2.96. The lowest BCUT2D eigenvalue weighted by Gasteiger charge is -2.28. The number of ether oxygens (including phenoxy) is 1. The van der Waals surface area contributed by atoms with E-state index in [1.54, 1.807) is 0 Å². The Balaban J connectivity index is 1.84. The van der Waals surface area contributed by atoms with Crippen molar-refractivity contribution in [3.8, 4) is 0 Å². The van der Waals surface area contributed by atoms with Gasteiger partial charge in [-0.3, -0.25) is 4.90 Å². The Morgan fingerprint density at radius 2 is 1.85 bits per heavy atom. The maximum atomic E-state index is 12.1. The minimum absolute atomic E-state index is 0.160. The number of nitrogens with zero attached hydrogens (tertiary/aromatic N) is 3. The van der Waals surface area contributed by atoms with Crippen LogP contribution in [0.1, 0.15) is 33.6 Å². The summed E-state index contributed by atoms with van der Waals surface area (Å²) in [5.41, 5.74) is -0.402. The molecule has 0 aromatic heterocycles. The molecule has 0 aliphatic carbocycles. The number of hydrogen-bond acceptors (Lipinski definition) is 4. The number of likely N-dealkylation sites (tertiary alicyclic amines) is 1. The van der Waals surface area contributed by atoms with E-state index in [4.69, 9.17) is 4.74 Å². The molecule has 2 saturated heterocycles. The molecule has 0 bridgehead atoms.